The van der Waals surface area contributed by atoms with Gasteiger partial charge in [0.05, 0.1) is 12.1 Å². The highest BCUT2D eigenvalue weighted by molar-refractivity contribution is 6.32. The highest BCUT2D eigenvalue weighted by Crippen LogP contribution is 2.28. The van der Waals surface area contributed by atoms with Crippen molar-refractivity contribution >= 4 is 45.9 Å². The summed E-state index contributed by atoms with van der Waals surface area (Å²) in [5, 5.41) is 3.81. The van der Waals surface area contributed by atoms with Crippen LogP contribution >= 0.6 is 23.2 Å². The predicted molar refractivity (Wildman–Crippen MR) is 110 cm³/mol. The van der Waals surface area contributed by atoms with E-state index >= 15 is 0 Å². The second-order valence-corrected chi connectivity index (χ2v) is 6.86. The van der Waals surface area contributed by atoms with Crippen molar-refractivity contribution in [2.75, 3.05) is 12.4 Å². The van der Waals surface area contributed by atoms with Gasteiger partial charge in [-0.25, -0.2) is 4.98 Å². The van der Waals surface area contributed by atoms with Crippen molar-refractivity contribution in [2.45, 2.75) is 0 Å². The molecule has 3 aromatic carbocycles. The van der Waals surface area contributed by atoms with Gasteiger partial charge in [-0.1, -0.05) is 23.2 Å². The number of ether oxygens (including phenoxy) is 1. The van der Waals surface area contributed by atoms with Crippen molar-refractivity contribution in [3.63, 3.8) is 0 Å². The average Bonchev–Trinajstić information content (AvgIpc) is 3.11. The number of halogens is 2. The molecule has 0 fully saturated rings. The Hall–Kier alpha value is -3.02. The molecule has 0 unspecified atom stereocenters. The highest BCUT2D eigenvalue weighted by Gasteiger charge is 2.11. The molecule has 5 nitrogen and oxygen atoms in total. The number of anilines is 1. The van der Waals surface area contributed by atoms with Crippen LogP contribution in [0.3, 0.4) is 0 Å². The third-order valence-corrected chi connectivity index (χ3v) is 4.68. The lowest BCUT2D eigenvalue weighted by Crippen LogP contribution is -2.11. The SMILES string of the molecule is COc1ccc(C(=O)Nc2ccc(-c3nc4cc(Cl)ccc4o3)cc2)cc1Cl. The molecule has 4 aromatic rings. The zero-order valence-electron chi connectivity index (χ0n) is 14.7. The first-order valence-electron chi connectivity index (χ1n) is 8.35. The predicted octanol–water partition coefficient (Wildman–Crippen LogP) is 6.06. The van der Waals surface area contributed by atoms with Gasteiger partial charge in [-0.15, -0.1) is 0 Å². The zero-order chi connectivity index (χ0) is 19.7. The third kappa shape index (κ3) is 3.67. The lowest BCUT2D eigenvalue weighted by atomic mass is 10.1. The Bertz CT molecular complexity index is 1170. The number of nitrogens with one attached hydrogen (secondary N) is 1. The molecular formula is C21H14Cl2N2O3. The van der Waals surface area contributed by atoms with Gasteiger partial charge in [0.25, 0.3) is 5.91 Å². The molecule has 7 heteroatoms. The van der Waals surface area contributed by atoms with E-state index in [9.17, 15) is 4.79 Å². The molecule has 0 saturated heterocycles. The number of nitrogens with zero attached hydrogens (tertiary/aromatic N) is 1. The van der Waals surface area contributed by atoms with E-state index in [-0.39, 0.29) is 5.91 Å². The van der Waals surface area contributed by atoms with Gasteiger partial charge in [0.15, 0.2) is 5.58 Å². The molecule has 1 heterocycles. The van der Waals surface area contributed by atoms with Crippen LogP contribution in [0.1, 0.15) is 10.4 Å². The maximum Gasteiger partial charge on any atom is 0.255 e. The maximum atomic E-state index is 12.4. The van der Waals surface area contributed by atoms with Gasteiger partial charge >= 0.3 is 0 Å². The number of rotatable bonds is 4. The summed E-state index contributed by atoms with van der Waals surface area (Å²) < 4.78 is 10.8. The summed E-state index contributed by atoms with van der Waals surface area (Å²) in [5.74, 6) is 0.730. The van der Waals surface area contributed by atoms with Crippen LogP contribution in [-0.2, 0) is 0 Å². The number of benzene rings is 3. The molecule has 140 valence electrons. The van der Waals surface area contributed by atoms with Crippen molar-refractivity contribution in [3.05, 3.63) is 76.3 Å². The number of hydrogen-bond donors (Lipinski definition) is 1. The molecule has 0 aliphatic rings. The molecule has 0 aliphatic carbocycles. The summed E-state index contributed by atoms with van der Waals surface area (Å²) in [6, 6.07) is 17.3. The van der Waals surface area contributed by atoms with Crippen LogP contribution in [0, 0.1) is 0 Å². The summed E-state index contributed by atoms with van der Waals surface area (Å²) in [6.45, 7) is 0. The van der Waals surface area contributed by atoms with Crippen LogP contribution < -0.4 is 10.1 Å². The van der Waals surface area contributed by atoms with Gasteiger partial charge in [0.2, 0.25) is 5.89 Å². The third-order valence-electron chi connectivity index (χ3n) is 4.15. The molecule has 0 saturated carbocycles. The summed E-state index contributed by atoms with van der Waals surface area (Å²) in [5.41, 5.74) is 3.22. The molecule has 0 radical (unpaired) electrons. The average molecular weight is 413 g/mol. The summed E-state index contributed by atoms with van der Waals surface area (Å²) in [4.78, 5) is 16.9. The topological polar surface area (TPSA) is 64.4 Å². The van der Waals surface area contributed by atoms with Crippen LogP contribution in [0.15, 0.2) is 65.1 Å². The van der Waals surface area contributed by atoms with Crippen molar-refractivity contribution < 1.29 is 13.9 Å². The van der Waals surface area contributed by atoms with Crippen molar-refractivity contribution in [1.29, 1.82) is 0 Å². The fraction of sp³-hybridized carbons (Fsp3) is 0.0476. The van der Waals surface area contributed by atoms with E-state index in [1.807, 2.05) is 12.1 Å². The standard InChI is InChI=1S/C21H14Cl2N2O3/c1-27-18-8-4-13(10-16(18)23)20(26)24-15-6-2-12(3-7-15)21-25-17-11-14(22)5-9-19(17)28-21/h2-11H,1H3,(H,24,26). The smallest absolute Gasteiger partial charge is 0.255 e. The minimum absolute atomic E-state index is 0.270. The Balaban J connectivity index is 1.52. The number of oxazole rings is 1. The molecule has 1 N–H and O–H groups in total. The van der Waals surface area contributed by atoms with Gasteiger partial charge in [-0.3, -0.25) is 4.79 Å². The van der Waals surface area contributed by atoms with E-state index in [2.05, 4.69) is 10.3 Å². The quantitative estimate of drug-likeness (QED) is 0.442. The van der Waals surface area contributed by atoms with E-state index in [4.69, 9.17) is 32.4 Å². The molecule has 1 amide bonds. The molecular weight excluding hydrogens is 399 g/mol. The molecule has 28 heavy (non-hydrogen) atoms. The molecule has 1 aromatic heterocycles. The highest BCUT2D eigenvalue weighted by atomic mass is 35.5. The Morgan fingerprint density at radius 1 is 1.04 bits per heavy atom. The zero-order valence-corrected chi connectivity index (χ0v) is 16.2. The second-order valence-electron chi connectivity index (χ2n) is 6.01. The molecule has 0 spiro atoms. The monoisotopic (exact) mass is 412 g/mol. The van der Waals surface area contributed by atoms with E-state index in [1.54, 1.807) is 48.5 Å². The first-order chi connectivity index (χ1) is 13.5. The minimum atomic E-state index is -0.270. The normalized spacial score (nSPS) is 10.8. The number of amides is 1. The summed E-state index contributed by atoms with van der Waals surface area (Å²) >= 11 is 12.1. The number of hydrogen-bond acceptors (Lipinski definition) is 4. The maximum absolute atomic E-state index is 12.4. The van der Waals surface area contributed by atoms with Crippen molar-refractivity contribution in [1.82, 2.24) is 4.98 Å². The Morgan fingerprint density at radius 3 is 2.54 bits per heavy atom. The van der Waals surface area contributed by atoms with Gasteiger partial charge in [0, 0.05) is 21.8 Å². The number of carbonyl (C=O) groups is 1. The lowest BCUT2D eigenvalue weighted by Gasteiger charge is -2.08. The fourth-order valence-corrected chi connectivity index (χ4v) is 3.16. The fourth-order valence-electron chi connectivity index (χ4n) is 2.73. The largest absolute Gasteiger partial charge is 0.495 e. The van der Waals surface area contributed by atoms with Gasteiger partial charge in [-0.05, 0) is 60.7 Å². The minimum Gasteiger partial charge on any atom is -0.495 e. The van der Waals surface area contributed by atoms with Crippen LogP contribution in [0.5, 0.6) is 5.75 Å². The van der Waals surface area contributed by atoms with E-state index in [0.29, 0.717) is 44.0 Å². The number of carbonyl (C=O) groups excluding carboxylic acids is 1. The molecule has 4 rings (SSSR count). The summed E-state index contributed by atoms with van der Waals surface area (Å²) in [6.07, 6.45) is 0. The van der Waals surface area contributed by atoms with E-state index in [1.165, 1.54) is 7.11 Å². The van der Waals surface area contributed by atoms with Gasteiger partial charge in [0.1, 0.15) is 11.3 Å². The molecule has 0 aliphatic heterocycles. The number of aromatic nitrogens is 1. The Morgan fingerprint density at radius 2 is 1.82 bits per heavy atom. The van der Waals surface area contributed by atoms with Gasteiger partial charge in [-0.2, -0.15) is 0 Å². The van der Waals surface area contributed by atoms with Crippen molar-refractivity contribution in [3.8, 4) is 17.2 Å². The first kappa shape index (κ1) is 18.3. The van der Waals surface area contributed by atoms with E-state index in [0.717, 1.165) is 5.56 Å². The van der Waals surface area contributed by atoms with Crippen LogP contribution in [-0.4, -0.2) is 18.0 Å². The van der Waals surface area contributed by atoms with Crippen LogP contribution in [0.25, 0.3) is 22.6 Å². The van der Waals surface area contributed by atoms with E-state index < -0.39 is 0 Å². The Kier molecular flexibility index (Phi) is 4.94. The second kappa shape index (κ2) is 7.54. The molecule has 0 atom stereocenters. The first-order valence-corrected chi connectivity index (χ1v) is 9.10. The lowest BCUT2D eigenvalue weighted by molar-refractivity contribution is 0.102. The Labute approximate surface area is 170 Å². The van der Waals surface area contributed by atoms with Crippen LogP contribution in [0.4, 0.5) is 5.69 Å². The van der Waals surface area contributed by atoms with Gasteiger partial charge < -0.3 is 14.5 Å². The van der Waals surface area contributed by atoms with Crippen LogP contribution in [0.2, 0.25) is 10.0 Å². The number of fused-ring (bicyclic) bond motifs is 1. The molecule has 0 bridgehead atoms. The van der Waals surface area contributed by atoms with Crippen molar-refractivity contribution in [2.24, 2.45) is 0 Å². The summed E-state index contributed by atoms with van der Waals surface area (Å²) in [7, 11) is 1.52. The number of methoxy groups -OCH3 is 1.